The maximum atomic E-state index is 12.4. The van der Waals surface area contributed by atoms with Gasteiger partial charge >= 0.3 is 0 Å². The number of halogens is 1. The number of rotatable bonds is 8. The monoisotopic (exact) mass is 437 g/mol. The Balaban J connectivity index is 1.45. The van der Waals surface area contributed by atoms with Gasteiger partial charge in [-0.25, -0.2) is 4.98 Å². The molecule has 1 fully saturated rings. The third-order valence-corrected chi connectivity index (χ3v) is 6.45. The molecule has 8 heteroatoms. The molecule has 1 saturated heterocycles. The molecule has 1 amide bonds. The first-order chi connectivity index (χ1) is 14.0. The molecule has 158 valence electrons. The van der Waals surface area contributed by atoms with Crippen molar-refractivity contribution in [2.24, 2.45) is 0 Å². The minimum atomic E-state index is -1.34. The lowest BCUT2D eigenvalue weighted by atomic mass is 10.2. The number of likely N-dealkylation sites (tertiary alicyclic amines) is 1. The van der Waals surface area contributed by atoms with Crippen LogP contribution in [0.25, 0.3) is 11.5 Å². The topological polar surface area (TPSA) is 75.4 Å². The highest BCUT2D eigenvalue weighted by Gasteiger charge is 2.16. The van der Waals surface area contributed by atoms with Gasteiger partial charge < -0.3 is 14.6 Å². The van der Waals surface area contributed by atoms with E-state index in [9.17, 15) is 9.00 Å². The predicted octanol–water partition coefficient (Wildman–Crippen LogP) is 3.54. The second kappa shape index (κ2) is 10.9. The standard InChI is InChI=1S/C21H28ClN3O3S/c1-16-19(24-21(28-16)17-6-8-18(22)9-7-17)14-29(27)15-20(26)23-10-13-25-11-4-2-3-5-12-25/h6-9H,2-5,10-15H2,1H3,(H,23,26)/t29-/m0/s1. The van der Waals surface area contributed by atoms with Gasteiger partial charge in [0.25, 0.3) is 0 Å². The van der Waals surface area contributed by atoms with Crippen LogP contribution >= 0.6 is 11.6 Å². The first-order valence-electron chi connectivity index (χ1n) is 10.1. The van der Waals surface area contributed by atoms with Crippen LogP contribution in [0.5, 0.6) is 0 Å². The number of aryl methyl sites for hydroxylation is 1. The molecule has 1 N–H and O–H groups in total. The molecule has 0 aliphatic carbocycles. The van der Waals surface area contributed by atoms with E-state index in [0.717, 1.165) is 25.2 Å². The van der Waals surface area contributed by atoms with Crippen molar-refractivity contribution in [2.75, 3.05) is 31.9 Å². The van der Waals surface area contributed by atoms with E-state index in [-0.39, 0.29) is 17.4 Å². The molecule has 3 rings (SSSR count). The summed E-state index contributed by atoms with van der Waals surface area (Å²) in [5.41, 5.74) is 1.42. The third-order valence-electron chi connectivity index (χ3n) is 5.02. The van der Waals surface area contributed by atoms with Crippen molar-refractivity contribution in [3.63, 3.8) is 0 Å². The maximum Gasteiger partial charge on any atom is 0.232 e. The Kier molecular flexibility index (Phi) is 8.27. The van der Waals surface area contributed by atoms with Crippen molar-refractivity contribution in [2.45, 2.75) is 38.4 Å². The predicted molar refractivity (Wildman–Crippen MR) is 116 cm³/mol. The van der Waals surface area contributed by atoms with Crippen LogP contribution in [-0.4, -0.2) is 51.9 Å². The number of carbonyl (C=O) groups excluding carboxylic acids is 1. The molecule has 29 heavy (non-hydrogen) atoms. The van der Waals surface area contributed by atoms with Gasteiger partial charge in [-0.15, -0.1) is 0 Å². The van der Waals surface area contributed by atoms with E-state index >= 15 is 0 Å². The normalized spacial score (nSPS) is 16.3. The Bertz CT molecular complexity index is 830. The zero-order valence-corrected chi connectivity index (χ0v) is 18.4. The SMILES string of the molecule is Cc1oc(-c2ccc(Cl)cc2)nc1C[S@](=O)CC(=O)NCCN1CCCCCC1. The molecule has 1 aromatic carbocycles. The van der Waals surface area contributed by atoms with E-state index < -0.39 is 10.8 Å². The third kappa shape index (κ3) is 6.94. The Hall–Kier alpha value is -1.70. The fraction of sp³-hybridized carbons (Fsp3) is 0.524. The number of oxazole rings is 1. The lowest BCUT2D eigenvalue weighted by Crippen LogP contribution is -2.37. The number of nitrogens with zero attached hydrogens (tertiary/aromatic N) is 2. The number of carbonyl (C=O) groups is 1. The molecular weight excluding hydrogens is 410 g/mol. The summed E-state index contributed by atoms with van der Waals surface area (Å²) in [4.78, 5) is 19.0. The van der Waals surface area contributed by atoms with Gasteiger partial charge in [-0.3, -0.25) is 9.00 Å². The van der Waals surface area contributed by atoms with Crippen molar-refractivity contribution in [1.29, 1.82) is 0 Å². The summed E-state index contributed by atoms with van der Waals surface area (Å²) in [6, 6.07) is 7.19. The van der Waals surface area contributed by atoms with Crippen LogP contribution in [-0.2, 0) is 21.3 Å². The first kappa shape index (κ1) is 22.0. The molecular formula is C21H28ClN3O3S. The zero-order valence-electron chi connectivity index (χ0n) is 16.8. The molecule has 0 saturated carbocycles. The Labute approximate surface area is 179 Å². The smallest absolute Gasteiger partial charge is 0.232 e. The Morgan fingerprint density at radius 2 is 1.90 bits per heavy atom. The molecule has 0 bridgehead atoms. The molecule has 1 aliphatic rings. The average molecular weight is 438 g/mol. The van der Waals surface area contributed by atoms with Crippen LogP contribution in [0.15, 0.2) is 28.7 Å². The van der Waals surface area contributed by atoms with E-state index in [4.69, 9.17) is 16.0 Å². The van der Waals surface area contributed by atoms with Crippen molar-refractivity contribution in [3.8, 4) is 11.5 Å². The van der Waals surface area contributed by atoms with Crippen molar-refractivity contribution >= 4 is 28.3 Å². The zero-order chi connectivity index (χ0) is 20.6. The summed E-state index contributed by atoms with van der Waals surface area (Å²) in [5.74, 6) is 1.07. The lowest BCUT2D eigenvalue weighted by molar-refractivity contribution is -0.118. The van der Waals surface area contributed by atoms with Crippen molar-refractivity contribution < 1.29 is 13.4 Å². The van der Waals surface area contributed by atoms with Crippen LogP contribution in [0.4, 0.5) is 0 Å². The molecule has 6 nitrogen and oxygen atoms in total. The molecule has 0 spiro atoms. The molecule has 1 atom stereocenters. The highest BCUT2D eigenvalue weighted by atomic mass is 35.5. The fourth-order valence-electron chi connectivity index (χ4n) is 3.39. The highest BCUT2D eigenvalue weighted by molar-refractivity contribution is 7.84. The van der Waals surface area contributed by atoms with Crippen molar-refractivity contribution in [1.82, 2.24) is 15.2 Å². The van der Waals surface area contributed by atoms with Gasteiger partial charge in [-0.2, -0.15) is 0 Å². The summed E-state index contributed by atoms with van der Waals surface area (Å²) in [6.07, 6.45) is 5.05. The van der Waals surface area contributed by atoms with E-state index in [2.05, 4.69) is 15.2 Å². The second-order valence-electron chi connectivity index (χ2n) is 7.36. The summed E-state index contributed by atoms with van der Waals surface area (Å²) in [7, 11) is -1.34. The molecule has 1 aliphatic heterocycles. The van der Waals surface area contributed by atoms with Crippen LogP contribution in [0.1, 0.15) is 37.1 Å². The summed E-state index contributed by atoms with van der Waals surface area (Å²) < 4.78 is 18.1. The first-order valence-corrected chi connectivity index (χ1v) is 11.9. The quantitative estimate of drug-likeness (QED) is 0.683. The number of nitrogens with one attached hydrogen (secondary N) is 1. The maximum absolute atomic E-state index is 12.4. The summed E-state index contributed by atoms with van der Waals surface area (Å²) in [5, 5.41) is 3.53. The van der Waals surface area contributed by atoms with Crippen LogP contribution in [0.2, 0.25) is 5.02 Å². The van der Waals surface area contributed by atoms with Crippen molar-refractivity contribution in [3.05, 3.63) is 40.7 Å². The van der Waals surface area contributed by atoms with Gasteiger partial charge in [0, 0.05) is 34.5 Å². The van der Waals surface area contributed by atoms with Gasteiger partial charge in [0.1, 0.15) is 11.5 Å². The highest BCUT2D eigenvalue weighted by Crippen LogP contribution is 2.24. The van der Waals surface area contributed by atoms with Crippen LogP contribution < -0.4 is 5.32 Å². The van der Waals surface area contributed by atoms with Gasteiger partial charge in [-0.1, -0.05) is 24.4 Å². The molecule has 0 radical (unpaired) electrons. The van der Waals surface area contributed by atoms with E-state index in [1.54, 1.807) is 19.1 Å². The minimum absolute atomic E-state index is 0.0252. The van der Waals surface area contributed by atoms with Gasteiger partial charge in [0.15, 0.2) is 0 Å². The van der Waals surface area contributed by atoms with Gasteiger partial charge in [0.05, 0.1) is 11.4 Å². The van der Waals surface area contributed by atoms with E-state index in [1.165, 1.54) is 25.7 Å². The number of aromatic nitrogens is 1. The fourth-order valence-corrected chi connectivity index (χ4v) is 4.59. The second-order valence-corrected chi connectivity index (χ2v) is 9.26. The minimum Gasteiger partial charge on any atom is -0.441 e. The van der Waals surface area contributed by atoms with E-state index in [0.29, 0.717) is 28.9 Å². The van der Waals surface area contributed by atoms with Crippen LogP contribution in [0, 0.1) is 6.92 Å². The van der Waals surface area contributed by atoms with E-state index in [1.807, 2.05) is 12.1 Å². The molecule has 0 unspecified atom stereocenters. The number of hydrogen-bond acceptors (Lipinski definition) is 5. The largest absolute Gasteiger partial charge is 0.441 e. The van der Waals surface area contributed by atoms with Crippen LogP contribution in [0.3, 0.4) is 0 Å². The lowest BCUT2D eigenvalue weighted by Gasteiger charge is -2.19. The molecule has 2 aromatic rings. The summed E-state index contributed by atoms with van der Waals surface area (Å²) >= 11 is 5.91. The van der Waals surface area contributed by atoms with Gasteiger partial charge in [0.2, 0.25) is 11.8 Å². The number of hydrogen-bond donors (Lipinski definition) is 1. The average Bonchev–Trinajstić information content (AvgIpc) is 2.88. The van der Waals surface area contributed by atoms with Gasteiger partial charge in [-0.05, 0) is 57.1 Å². The Morgan fingerprint density at radius 1 is 1.21 bits per heavy atom. The number of benzene rings is 1. The Morgan fingerprint density at radius 3 is 2.59 bits per heavy atom. The number of amides is 1. The summed E-state index contributed by atoms with van der Waals surface area (Å²) in [6.45, 7) is 5.44. The molecule has 2 heterocycles. The molecule has 1 aromatic heterocycles.